The maximum atomic E-state index is 12.6. The van der Waals surface area contributed by atoms with Gasteiger partial charge in [0.05, 0.1) is 10.6 Å². The first kappa shape index (κ1) is 22.3. The van der Waals surface area contributed by atoms with Gasteiger partial charge in [-0.05, 0) is 61.5 Å². The van der Waals surface area contributed by atoms with Gasteiger partial charge in [0.2, 0.25) is 10.0 Å². The summed E-state index contributed by atoms with van der Waals surface area (Å²) >= 11 is 0. The fraction of sp³-hybridized carbons (Fsp3) is 0.0952. The molecule has 0 radical (unpaired) electrons. The van der Waals surface area contributed by atoms with Crippen LogP contribution in [0.25, 0.3) is 0 Å². The third-order valence-corrected chi connectivity index (χ3v) is 6.93. The molecule has 3 rings (SSSR count). The molecule has 3 aromatic carbocycles. The highest BCUT2D eigenvalue weighted by Crippen LogP contribution is 2.19. The van der Waals surface area contributed by atoms with Crippen LogP contribution in [0.2, 0.25) is 0 Å². The number of sulfonamides is 2. The zero-order valence-corrected chi connectivity index (χ0v) is 18.2. The predicted octanol–water partition coefficient (Wildman–Crippen LogP) is 3.50. The normalized spacial score (nSPS) is 11.5. The zero-order valence-electron chi connectivity index (χ0n) is 16.6. The molecule has 0 spiro atoms. The van der Waals surface area contributed by atoms with Gasteiger partial charge in [-0.1, -0.05) is 24.3 Å². The van der Waals surface area contributed by atoms with Gasteiger partial charge in [0.1, 0.15) is 0 Å². The molecule has 0 heterocycles. The van der Waals surface area contributed by atoms with Crippen LogP contribution in [0.1, 0.15) is 17.3 Å². The van der Waals surface area contributed by atoms with Crippen LogP contribution in [-0.4, -0.2) is 28.5 Å². The largest absolute Gasteiger partial charge is 0.322 e. The SMILES string of the molecule is CCS(=O)(=O)Nc1ccc(NC(=O)c2cccc(NS(=O)(=O)c3ccccc3)c2)cc1. The first-order valence-electron chi connectivity index (χ1n) is 9.28. The van der Waals surface area contributed by atoms with Crippen LogP contribution in [0.4, 0.5) is 17.1 Å². The standard InChI is InChI=1S/C21H21N3O5S2/c1-2-30(26,27)23-18-13-11-17(12-14-18)22-21(25)16-7-6-8-19(15-16)24-31(28,29)20-9-4-3-5-10-20/h3-15,23-24H,2H2,1H3,(H,22,25). The molecule has 0 aliphatic rings. The molecule has 0 unspecified atom stereocenters. The zero-order chi connectivity index (χ0) is 22.5. The lowest BCUT2D eigenvalue weighted by Crippen LogP contribution is -2.15. The number of carbonyl (C=O) groups is 1. The Labute approximate surface area is 181 Å². The van der Waals surface area contributed by atoms with Crippen molar-refractivity contribution in [3.05, 3.63) is 84.4 Å². The lowest BCUT2D eigenvalue weighted by Gasteiger charge is -2.11. The van der Waals surface area contributed by atoms with Crippen molar-refractivity contribution in [2.24, 2.45) is 0 Å². The van der Waals surface area contributed by atoms with E-state index in [4.69, 9.17) is 0 Å². The van der Waals surface area contributed by atoms with Gasteiger partial charge in [-0.15, -0.1) is 0 Å². The Morgan fingerprint density at radius 2 is 1.39 bits per heavy atom. The molecule has 0 atom stereocenters. The smallest absolute Gasteiger partial charge is 0.261 e. The Balaban J connectivity index is 1.70. The summed E-state index contributed by atoms with van der Waals surface area (Å²) in [4.78, 5) is 12.7. The van der Waals surface area contributed by atoms with Crippen molar-refractivity contribution in [3.8, 4) is 0 Å². The first-order valence-corrected chi connectivity index (χ1v) is 12.4. The van der Waals surface area contributed by atoms with Gasteiger partial charge in [0.15, 0.2) is 0 Å². The van der Waals surface area contributed by atoms with E-state index < -0.39 is 26.0 Å². The molecular formula is C21H21N3O5S2. The van der Waals surface area contributed by atoms with E-state index in [-0.39, 0.29) is 21.9 Å². The monoisotopic (exact) mass is 459 g/mol. The molecule has 3 N–H and O–H groups in total. The van der Waals surface area contributed by atoms with Crippen LogP contribution in [0.15, 0.2) is 83.8 Å². The van der Waals surface area contributed by atoms with E-state index >= 15 is 0 Å². The third-order valence-electron chi connectivity index (χ3n) is 4.23. The first-order chi connectivity index (χ1) is 14.7. The number of carbonyl (C=O) groups excluding carboxylic acids is 1. The number of nitrogens with one attached hydrogen (secondary N) is 3. The van der Waals surface area contributed by atoms with Crippen LogP contribution in [-0.2, 0) is 20.0 Å². The minimum atomic E-state index is -3.77. The topological polar surface area (TPSA) is 121 Å². The average Bonchev–Trinajstić information content (AvgIpc) is 2.75. The van der Waals surface area contributed by atoms with Crippen molar-refractivity contribution in [1.29, 1.82) is 0 Å². The van der Waals surface area contributed by atoms with E-state index in [9.17, 15) is 21.6 Å². The van der Waals surface area contributed by atoms with E-state index in [1.807, 2.05) is 0 Å². The molecule has 0 aliphatic carbocycles. The molecule has 162 valence electrons. The van der Waals surface area contributed by atoms with E-state index in [1.54, 1.807) is 48.5 Å². The van der Waals surface area contributed by atoms with Gasteiger partial charge in [0.25, 0.3) is 15.9 Å². The highest BCUT2D eigenvalue weighted by Gasteiger charge is 2.15. The van der Waals surface area contributed by atoms with Crippen molar-refractivity contribution >= 4 is 43.0 Å². The summed E-state index contributed by atoms with van der Waals surface area (Å²) in [6, 6.07) is 20.2. The molecule has 0 saturated carbocycles. The Morgan fingerprint density at radius 3 is 2.03 bits per heavy atom. The molecule has 1 amide bonds. The summed E-state index contributed by atoms with van der Waals surface area (Å²) < 4.78 is 53.0. The molecule has 8 nitrogen and oxygen atoms in total. The number of amides is 1. The van der Waals surface area contributed by atoms with Crippen LogP contribution < -0.4 is 14.8 Å². The molecule has 3 aromatic rings. The highest BCUT2D eigenvalue weighted by atomic mass is 32.2. The Kier molecular flexibility index (Phi) is 6.62. The van der Waals surface area contributed by atoms with E-state index in [0.717, 1.165) is 0 Å². The molecule has 0 aromatic heterocycles. The molecule has 0 bridgehead atoms. The van der Waals surface area contributed by atoms with Gasteiger partial charge in [0, 0.05) is 22.6 Å². The second-order valence-corrected chi connectivity index (χ2v) is 10.2. The predicted molar refractivity (Wildman–Crippen MR) is 121 cm³/mol. The second-order valence-electron chi connectivity index (χ2n) is 6.54. The van der Waals surface area contributed by atoms with Gasteiger partial charge in [-0.3, -0.25) is 14.2 Å². The van der Waals surface area contributed by atoms with Crippen LogP contribution in [0.5, 0.6) is 0 Å². The number of hydrogen-bond donors (Lipinski definition) is 3. The number of hydrogen-bond acceptors (Lipinski definition) is 5. The van der Waals surface area contributed by atoms with Crippen molar-refractivity contribution in [2.75, 3.05) is 20.5 Å². The molecule has 0 fully saturated rings. The molecule has 0 aliphatic heterocycles. The van der Waals surface area contributed by atoms with E-state index in [2.05, 4.69) is 14.8 Å². The fourth-order valence-electron chi connectivity index (χ4n) is 2.61. The summed E-state index contributed by atoms with van der Waals surface area (Å²) in [5.41, 5.74) is 1.35. The van der Waals surface area contributed by atoms with E-state index in [0.29, 0.717) is 11.4 Å². The van der Waals surface area contributed by atoms with Crippen LogP contribution in [0, 0.1) is 0 Å². The summed E-state index contributed by atoms with van der Waals surface area (Å²) in [6.07, 6.45) is 0. The van der Waals surface area contributed by atoms with Gasteiger partial charge in [-0.25, -0.2) is 16.8 Å². The minimum absolute atomic E-state index is 0.0458. The summed E-state index contributed by atoms with van der Waals surface area (Å²) in [7, 11) is -7.16. The number of anilines is 3. The van der Waals surface area contributed by atoms with Gasteiger partial charge >= 0.3 is 0 Å². The molecule has 0 saturated heterocycles. The maximum Gasteiger partial charge on any atom is 0.261 e. The lowest BCUT2D eigenvalue weighted by molar-refractivity contribution is 0.102. The summed E-state index contributed by atoms with van der Waals surface area (Å²) in [5, 5.41) is 2.69. The van der Waals surface area contributed by atoms with Crippen molar-refractivity contribution in [1.82, 2.24) is 0 Å². The van der Waals surface area contributed by atoms with Crippen molar-refractivity contribution in [2.45, 2.75) is 11.8 Å². The van der Waals surface area contributed by atoms with Crippen LogP contribution >= 0.6 is 0 Å². The second kappa shape index (κ2) is 9.19. The van der Waals surface area contributed by atoms with Crippen molar-refractivity contribution < 1.29 is 21.6 Å². The Morgan fingerprint density at radius 1 is 0.742 bits per heavy atom. The van der Waals surface area contributed by atoms with Crippen molar-refractivity contribution in [3.63, 3.8) is 0 Å². The lowest BCUT2D eigenvalue weighted by atomic mass is 10.2. The summed E-state index contributed by atoms with van der Waals surface area (Å²) in [5.74, 6) is -0.488. The molecular weight excluding hydrogens is 438 g/mol. The third kappa shape index (κ3) is 6.06. The quantitative estimate of drug-likeness (QED) is 0.476. The molecule has 10 heteroatoms. The fourth-order valence-corrected chi connectivity index (χ4v) is 4.32. The van der Waals surface area contributed by atoms with Gasteiger partial charge in [-0.2, -0.15) is 0 Å². The van der Waals surface area contributed by atoms with Gasteiger partial charge < -0.3 is 5.32 Å². The Hall–Kier alpha value is -3.37. The minimum Gasteiger partial charge on any atom is -0.322 e. The maximum absolute atomic E-state index is 12.6. The number of rotatable bonds is 8. The Bertz CT molecular complexity index is 1270. The number of benzene rings is 3. The molecule has 31 heavy (non-hydrogen) atoms. The highest BCUT2D eigenvalue weighted by molar-refractivity contribution is 7.93. The average molecular weight is 460 g/mol. The van der Waals surface area contributed by atoms with E-state index in [1.165, 1.54) is 37.3 Å². The summed E-state index contributed by atoms with van der Waals surface area (Å²) in [6.45, 7) is 1.53. The van der Waals surface area contributed by atoms with Crippen LogP contribution in [0.3, 0.4) is 0 Å².